The van der Waals surface area contributed by atoms with Crippen LogP contribution in [0.15, 0.2) is 42.6 Å². The fourth-order valence-corrected chi connectivity index (χ4v) is 4.20. The summed E-state index contributed by atoms with van der Waals surface area (Å²) in [5.74, 6) is 0. The topological polar surface area (TPSA) is 21.1 Å². The number of para-hydroxylation sites is 1. The molecule has 0 aliphatic carbocycles. The molecule has 1 aromatic carbocycles. The van der Waals surface area contributed by atoms with Crippen LogP contribution in [-0.2, 0) is 25.9 Å². The fourth-order valence-electron chi connectivity index (χ4n) is 4.20. The summed E-state index contributed by atoms with van der Waals surface area (Å²) in [4.78, 5) is 7.09. The number of aromatic nitrogens is 2. The van der Waals surface area contributed by atoms with E-state index in [4.69, 9.17) is 0 Å². The molecule has 0 fully saturated rings. The lowest BCUT2D eigenvalue weighted by Crippen LogP contribution is -2.37. The van der Waals surface area contributed by atoms with Crippen LogP contribution in [0.4, 0.5) is 0 Å². The molecule has 0 saturated carbocycles. The van der Waals surface area contributed by atoms with E-state index in [0.717, 1.165) is 31.6 Å². The van der Waals surface area contributed by atoms with Crippen LogP contribution in [0, 0.1) is 6.92 Å². The molecule has 1 aliphatic rings. The lowest BCUT2D eigenvalue weighted by atomic mass is 10.0. The molecule has 0 saturated heterocycles. The van der Waals surface area contributed by atoms with Crippen molar-refractivity contribution in [1.82, 2.24) is 14.5 Å². The van der Waals surface area contributed by atoms with Crippen LogP contribution >= 0.6 is 0 Å². The predicted molar refractivity (Wildman–Crippen MR) is 108 cm³/mol. The third-order valence-electron chi connectivity index (χ3n) is 6.00. The van der Waals surface area contributed by atoms with Crippen LogP contribution in [0.5, 0.6) is 0 Å². The summed E-state index contributed by atoms with van der Waals surface area (Å²) < 4.78 is 2.57. The van der Waals surface area contributed by atoms with Crippen molar-refractivity contribution in [2.45, 2.75) is 59.2 Å². The maximum atomic E-state index is 4.45. The van der Waals surface area contributed by atoms with Gasteiger partial charge in [-0.15, -0.1) is 0 Å². The second-order valence-electron chi connectivity index (χ2n) is 7.63. The van der Waals surface area contributed by atoms with Crippen molar-refractivity contribution < 1.29 is 0 Å². The van der Waals surface area contributed by atoms with Crippen LogP contribution < -0.4 is 0 Å². The summed E-state index contributed by atoms with van der Waals surface area (Å²) in [7, 11) is 0. The first-order chi connectivity index (χ1) is 12.7. The van der Waals surface area contributed by atoms with Gasteiger partial charge in [-0.1, -0.05) is 31.2 Å². The Bertz CT molecular complexity index is 892. The molecule has 0 spiro atoms. The number of pyridine rings is 1. The van der Waals surface area contributed by atoms with Gasteiger partial charge in [-0.2, -0.15) is 0 Å². The van der Waals surface area contributed by atoms with Gasteiger partial charge in [-0.3, -0.25) is 9.88 Å². The highest BCUT2D eigenvalue weighted by Crippen LogP contribution is 2.32. The molecule has 26 heavy (non-hydrogen) atoms. The highest BCUT2D eigenvalue weighted by Gasteiger charge is 2.25. The number of benzene rings is 1. The summed E-state index contributed by atoms with van der Waals surface area (Å²) in [5.41, 5.74) is 6.89. The Morgan fingerprint density at radius 2 is 2.00 bits per heavy atom. The Kier molecular flexibility index (Phi) is 4.82. The van der Waals surface area contributed by atoms with E-state index >= 15 is 0 Å². The van der Waals surface area contributed by atoms with E-state index in [0.29, 0.717) is 6.04 Å². The summed E-state index contributed by atoms with van der Waals surface area (Å²) in [5, 5.41) is 1.44. The van der Waals surface area contributed by atoms with Crippen molar-refractivity contribution >= 4 is 10.9 Å². The Morgan fingerprint density at radius 3 is 2.77 bits per heavy atom. The first-order valence-corrected chi connectivity index (χ1v) is 9.92. The zero-order valence-electron chi connectivity index (χ0n) is 16.2. The number of rotatable bonds is 5. The SMILES string of the molecule is CCC(C)N1CCc2c(c3ccccc3n2CCc2ccc(C)nc2)C1. The number of hydrogen-bond acceptors (Lipinski definition) is 2. The van der Waals surface area contributed by atoms with Crippen molar-refractivity contribution in [3.8, 4) is 0 Å². The average molecular weight is 348 g/mol. The number of nitrogens with zero attached hydrogens (tertiary/aromatic N) is 3. The Labute approximate surface area is 156 Å². The van der Waals surface area contributed by atoms with Crippen molar-refractivity contribution in [3.63, 3.8) is 0 Å². The predicted octanol–water partition coefficient (Wildman–Crippen LogP) is 4.74. The van der Waals surface area contributed by atoms with Gasteiger partial charge in [0, 0.05) is 60.6 Å². The summed E-state index contributed by atoms with van der Waals surface area (Å²) >= 11 is 0. The van der Waals surface area contributed by atoms with Gasteiger partial charge in [0.2, 0.25) is 0 Å². The van der Waals surface area contributed by atoms with E-state index < -0.39 is 0 Å². The molecule has 0 radical (unpaired) electrons. The lowest BCUT2D eigenvalue weighted by Gasteiger charge is -2.32. The Balaban J connectivity index is 1.66. The molecule has 3 aromatic rings. The van der Waals surface area contributed by atoms with E-state index in [2.05, 4.69) is 64.7 Å². The van der Waals surface area contributed by atoms with Crippen LogP contribution in [0.25, 0.3) is 10.9 Å². The molecule has 0 bridgehead atoms. The first-order valence-electron chi connectivity index (χ1n) is 9.92. The lowest BCUT2D eigenvalue weighted by molar-refractivity contribution is 0.185. The van der Waals surface area contributed by atoms with Gasteiger partial charge in [-0.25, -0.2) is 0 Å². The minimum absolute atomic E-state index is 0.656. The molecular formula is C23H29N3. The first kappa shape index (κ1) is 17.3. The fraction of sp³-hybridized carbons (Fsp3) is 0.435. The van der Waals surface area contributed by atoms with Crippen LogP contribution in [-0.4, -0.2) is 27.0 Å². The summed E-state index contributed by atoms with van der Waals surface area (Å²) in [6.07, 6.45) is 5.43. The zero-order valence-corrected chi connectivity index (χ0v) is 16.2. The maximum Gasteiger partial charge on any atom is 0.0486 e. The second kappa shape index (κ2) is 7.24. The molecule has 4 rings (SSSR count). The second-order valence-corrected chi connectivity index (χ2v) is 7.63. The van der Waals surface area contributed by atoms with Crippen molar-refractivity contribution in [3.05, 3.63) is 65.1 Å². The third-order valence-corrected chi connectivity index (χ3v) is 6.00. The van der Waals surface area contributed by atoms with Gasteiger partial charge in [0.25, 0.3) is 0 Å². The minimum Gasteiger partial charge on any atom is -0.344 e. The van der Waals surface area contributed by atoms with Crippen LogP contribution in [0.3, 0.4) is 0 Å². The molecule has 2 aromatic heterocycles. The monoisotopic (exact) mass is 347 g/mol. The summed E-state index contributed by atoms with van der Waals surface area (Å²) in [6.45, 7) is 9.98. The highest BCUT2D eigenvalue weighted by molar-refractivity contribution is 5.85. The molecule has 1 aliphatic heterocycles. The van der Waals surface area contributed by atoms with Gasteiger partial charge in [0.05, 0.1) is 0 Å². The molecule has 3 heterocycles. The van der Waals surface area contributed by atoms with Crippen LogP contribution in [0.1, 0.15) is 42.8 Å². The molecule has 3 nitrogen and oxygen atoms in total. The van der Waals surface area contributed by atoms with E-state index in [1.807, 2.05) is 13.1 Å². The van der Waals surface area contributed by atoms with Crippen molar-refractivity contribution in [1.29, 1.82) is 0 Å². The molecule has 136 valence electrons. The van der Waals surface area contributed by atoms with Gasteiger partial charge in [0.15, 0.2) is 0 Å². The number of fused-ring (bicyclic) bond motifs is 3. The molecule has 1 unspecified atom stereocenters. The van der Waals surface area contributed by atoms with E-state index in [1.54, 1.807) is 11.3 Å². The van der Waals surface area contributed by atoms with Crippen LogP contribution in [0.2, 0.25) is 0 Å². The van der Waals surface area contributed by atoms with E-state index in [-0.39, 0.29) is 0 Å². The summed E-state index contributed by atoms with van der Waals surface area (Å²) in [6, 6.07) is 13.9. The number of hydrogen-bond donors (Lipinski definition) is 0. The molecule has 0 N–H and O–H groups in total. The van der Waals surface area contributed by atoms with Crippen molar-refractivity contribution in [2.75, 3.05) is 6.54 Å². The van der Waals surface area contributed by atoms with Gasteiger partial charge >= 0.3 is 0 Å². The smallest absolute Gasteiger partial charge is 0.0486 e. The molecule has 0 amide bonds. The maximum absolute atomic E-state index is 4.45. The highest BCUT2D eigenvalue weighted by atomic mass is 15.2. The zero-order chi connectivity index (χ0) is 18.1. The quantitative estimate of drug-likeness (QED) is 0.664. The van der Waals surface area contributed by atoms with Gasteiger partial charge in [-0.05, 0) is 49.9 Å². The van der Waals surface area contributed by atoms with Gasteiger partial charge in [0.1, 0.15) is 0 Å². The molecule has 1 atom stereocenters. The third kappa shape index (κ3) is 3.16. The van der Waals surface area contributed by atoms with Gasteiger partial charge < -0.3 is 4.57 Å². The van der Waals surface area contributed by atoms with Crippen molar-refractivity contribution in [2.24, 2.45) is 0 Å². The largest absolute Gasteiger partial charge is 0.344 e. The molecular weight excluding hydrogens is 318 g/mol. The average Bonchev–Trinajstić information content (AvgIpc) is 3.00. The standard InChI is InChI=1S/C23H29N3/c1-4-18(3)25-13-12-23-21(16-25)20-7-5-6-8-22(20)26(23)14-11-19-10-9-17(2)24-15-19/h5-10,15,18H,4,11-14,16H2,1-3H3. The number of aryl methyl sites for hydroxylation is 3. The van der Waals surface area contributed by atoms with E-state index in [9.17, 15) is 0 Å². The Morgan fingerprint density at radius 1 is 1.15 bits per heavy atom. The molecule has 3 heteroatoms. The Hall–Kier alpha value is -2.13. The minimum atomic E-state index is 0.656. The van der Waals surface area contributed by atoms with E-state index in [1.165, 1.54) is 29.4 Å². The normalized spacial score (nSPS) is 16.0.